The zero-order chi connectivity index (χ0) is 26.0. The van der Waals surface area contributed by atoms with Gasteiger partial charge < -0.3 is 14.8 Å². The molecule has 0 spiro atoms. The van der Waals surface area contributed by atoms with E-state index in [0.29, 0.717) is 11.3 Å². The lowest BCUT2D eigenvalue weighted by Gasteiger charge is -2.27. The number of halogens is 4. The van der Waals surface area contributed by atoms with E-state index < -0.39 is 41.8 Å². The first-order chi connectivity index (χ1) is 16.3. The molecule has 2 atom stereocenters. The molecule has 3 heterocycles. The molecule has 3 rings (SSSR count). The molecule has 190 valence electrons. The van der Waals surface area contributed by atoms with Crippen molar-refractivity contribution in [3.05, 3.63) is 36.0 Å². The lowest BCUT2D eigenvalue weighted by molar-refractivity contribution is -0.145. The normalized spacial score (nSPS) is 18.3. The quantitative estimate of drug-likeness (QED) is 0.628. The lowest BCUT2D eigenvalue weighted by Crippen LogP contribution is -2.47. The van der Waals surface area contributed by atoms with Crippen molar-refractivity contribution in [3.63, 3.8) is 0 Å². The Kier molecular flexibility index (Phi) is 7.46. The van der Waals surface area contributed by atoms with E-state index in [1.54, 1.807) is 20.8 Å². The molecule has 1 fully saturated rings. The summed E-state index contributed by atoms with van der Waals surface area (Å²) in [7, 11) is 1.39. The minimum Gasteiger partial charge on any atom is -0.495 e. The number of alkyl halides is 4. The summed E-state index contributed by atoms with van der Waals surface area (Å²) >= 11 is 0. The van der Waals surface area contributed by atoms with E-state index in [0.717, 1.165) is 17.3 Å². The molecule has 0 radical (unpaired) electrons. The topological polar surface area (TPSA) is 107 Å². The molecule has 0 aliphatic carbocycles. The Balaban J connectivity index is 1.75. The number of amides is 2. The number of hydrogen-bond donors (Lipinski definition) is 1. The van der Waals surface area contributed by atoms with Crippen molar-refractivity contribution in [2.24, 2.45) is 0 Å². The van der Waals surface area contributed by atoms with Crippen LogP contribution in [0.25, 0.3) is 11.3 Å². The van der Waals surface area contributed by atoms with Gasteiger partial charge in [0, 0.05) is 36.5 Å². The Hall–Kier alpha value is -3.51. The van der Waals surface area contributed by atoms with E-state index in [2.05, 4.69) is 20.3 Å². The number of rotatable bonds is 5. The Morgan fingerprint density at radius 1 is 1.14 bits per heavy atom. The lowest BCUT2D eigenvalue weighted by atomic mass is 10.1. The molecule has 13 heteroatoms. The highest BCUT2D eigenvalue weighted by Gasteiger charge is 2.41. The zero-order valence-electron chi connectivity index (χ0n) is 19.5. The number of carbonyl (C=O) groups is 2. The first kappa shape index (κ1) is 26.1. The SMILES string of the molecule is COc1cnc(-c2cnc(C(F)(F)F)nc2)cc1CNC(=O)C1CC(F)CN1C(=O)OC(C)(C)C. The predicted molar refractivity (Wildman–Crippen MR) is 115 cm³/mol. The van der Waals surface area contributed by atoms with Gasteiger partial charge in [-0.2, -0.15) is 13.2 Å². The summed E-state index contributed by atoms with van der Waals surface area (Å²) in [5, 5.41) is 2.65. The highest BCUT2D eigenvalue weighted by Crippen LogP contribution is 2.28. The summed E-state index contributed by atoms with van der Waals surface area (Å²) in [6, 6.07) is 0.444. The van der Waals surface area contributed by atoms with Crippen LogP contribution in [0.3, 0.4) is 0 Å². The summed E-state index contributed by atoms with van der Waals surface area (Å²) in [5.74, 6) is -1.56. The van der Waals surface area contributed by atoms with E-state index >= 15 is 0 Å². The number of hydrogen-bond acceptors (Lipinski definition) is 7. The molecule has 35 heavy (non-hydrogen) atoms. The Bertz CT molecular complexity index is 1070. The maximum Gasteiger partial charge on any atom is 0.451 e. The molecule has 2 aromatic rings. The summed E-state index contributed by atoms with van der Waals surface area (Å²) < 4.78 is 62.7. The summed E-state index contributed by atoms with van der Waals surface area (Å²) in [5.41, 5.74) is 0.114. The van der Waals surface area contributed by atoms with Gasteiger partial charge in [0.15, 0.2) is 0 Å². The number of nitrogens with one attached hydrogen (secondary N) is 1. The van der Waals surface area contributed by atoms with Crippen molar-refractivity contribution >= 4 is 12.0 Å². The van der Waals surface area contributed by atoms with E-state index in [4.69, 9.17) is 9.47 Å². The molecule has 0 bridgehead atoms. The van der Waals surface area contributed by atoms with Crippen LogP contribution < -0.4 is 10.1 Å². The fraction of sp³-hybridized carbons (Fsp3) is 0.500. The van der Waals surface area contributed by atoms with E-state index in [-0.39, 0.29) is 30.8 Å². The van der Waals surface area contributed by atoms with E-state index in [1.807, 2.05) is 0 Å². The number of aromatic nitrogens is 3. The maximum absolute atomic E-state index is 14.1. The molecule has 1 saturated heterocycles. The van der Waals surface area contributed by atoms with Gasteiger partial charge in [-0.15, -0.1) is 0 Å². The van der Waals surface area contributed by atoms with Crippen LogP contribution in [-0.2, 0) is 22.3 Å². The molecule has 2 amide bonds. The van der Waals surface area contributed by atoms with Crippen molar-refractivity contribution in [1.82, 2.24) is 25.2 Å². The van der Waals surface area contributed by atoms with Gasteiger partial charge in [-0.25, -0.2) is 19.2 Å². The van der Waals surface area contributed by atoms with Gasteiger partial charge >= 0.3 is 12.3 Å². The van der Waals surface area contributed by atoms with Crippen LogP contribution in [0.1, 0.15) is 38.6 Å². The maximum atomic E-state index is 14.1. The van der Waals surface area contributed by atoms with Gasteiger partial charge in [0.25, 0.3) is 0 Å². The average molecular weight is 499 g/mol. The van der Waals surface area contributed by atoms with Crippen LogP contribution in [0.15, 0.2) is 24.7 Å². The Morgan fingerprint density at radius 3 is 2.37 bits per heavy atom. The van der Waals surface area contributed by atoms with Crippen molar-refractivity contribution in [2.75, 3.05) is 13.7 Å². The van der Waals surface area contributed by atoms with Gasteiger partial charge in [-0.1, -0.05) is 0 Å². The number of ether oxygens (including phenoxy) is 2. The molecular weight excluding hydrogens is 474 g/mol. The molecule has 9 nitrogen and oxygen atoms in total. The van der Waals surface area contributed by atoms with Crippen molar-refractivity contribution in [2.45, 2.75) is 57.7 Å². The zero-order valence-corrected chi connectivity index (χ0v) is 19.5. The van der Waals surface area contributed by atoms with Gasteiger partial charge in [-0.05, 0) is 26.8 Å². The van der Waals surface area contributed by atoms with Gasteiger partial charge in [0.2, 0.25) is 11.7 Å². The number of nitrogens with zero attached hydrogens (tertiary/aromatic N) is 4. The number of pyridine rings is 1. The monoisotopic (exact) mass is 499 g/mol. The number of likely N-dealkylation sites (tertiary alicyclic amines) is 1. The average Bonchev–Trinajstić information content (AvgIpc) is 3.17. The van der Waals surface area contributed by atoms with E-state index in [9.17, 15) is 27.2 Å². The summed E-state index contributed by atoms with van der Waals surface area (Å²) in [6.45, 7) is 4.66. The van der Waals surface area contributed by atoms with Crippen molar-refractivity contribution < 1.29 is 36.6 Å². The Morgan fingerprint density at radius 2 is 1.80 bits per heavy atom. The fourth-order valence-electron chi connectivity index (χ4n) is 3.43. The van der Waals surface area contributed by atoms with Crippen LogP contribution in [0.4, 0.5) is 22.4 Å². The molecule has 1 aliphatic heterocycles. The van der Waals surface area contributed by atoms with Gasteiger partial charge in [0.05, 0.1) is 25.5 Å². The molecule has 1 N–H and O–H groups in total. The second-order valence-corrected chi connectivity index (χ2v) is 8.87. The van der Waals surface area contributed by atoms with Crippen molar-refractivity contribution in [1.29, 1.82) is 0 Å². The molecule has 1 aliphatic rings. The van der Waals surface area contributed by atoms with Crippen LogP contribution in [0.2, 0.25) is 0 Å². The van der Waals surface area contributed by atoms with Crippen LogP contribution >= 0.6 is 0 Å². The molecule has 0 saturated carbocycles. The molecule has 0 aromatic carbocycles. The minimum atomic E-state index is -4.67. The molecular formula is C22H25F4N5O4. The second-order valence-electron chi connectivity index (χ2n) is 8.87. The molecule has 2 unspecified atom stereocenters. The third-order valence-electron chi connectivity index (χ3n) is 5.00. The second kappa shape index (κ2) is 10.0. The highest BCUT2D eigenvalue weighted by molar-refractivity contribution is 5.86. The predicted octanol–water partition coefficient (Wildman–Crippen LogP) is 3.53. The fourth-order valence-corrected chi connectivity index (χ4v) is 3.43. The smallest absolute Gasteiger partial charge is 0.451 e. The minimum absolute atomic E-state index is 0.0748. The summed E-state index contributed by atoms with van der Waals surface area (Å²) in [6.07, 6.45) is -3.68. The van der Waals surface area contributed by atoms with Gasteiger partial charge in [0.1, 0.15) is 23.6 Å². The van der Waals surface area contributed by atoms with Gasteiger partial charge in [-0.3, -0.25) is 14.7 Å². The third-order valence-corrected chi connectivity index (χ3v) is 5.00. The van der Waals surface area contributed by atoms with Crippen LogP contribution in [0, 0.1) is 0 Å². The Labute approximate surface area is 198 Å². The largest absolute Gasteiger partial charge is 0.495 e. The standard InChI is InChI=1S/C22H25F4N5O4/c1-21(2,3)35-20(33)31-11-14(23)6-16(31)18(32)28-7-12-5-15(27-10-17(12)34-4)13-8-29-19(30-9-13)22(24,25)26/h5,8-10,14,16H,6-7,11H2,1-4H3,(H,28,32). The van der Waals surface area contributed by atoms with Crippen LogP contribution in [0.5, 0.6) is 5.75 Å². The third kappa shape index (κ3) is 6.55. The van der Waals surface area contributed by atoms with Crippen LogP contribution in [-0.4, -0.2) is 63.3 Å². The first-order valence-electron chi connectivity index (χ1n) is 10.6. The van der Waals surface area contributed by atoms with E-state index in [1.165, 1.54) is 19.4 Å². The summed E-state index contributed by atoms with van der Waals surface area (Å²) in [4.78, 5) is 37.1. The number of methoxy groups -OCH3 is 1. The first-order valence-corrected chi connectivity index (χ1v) is 10.6. The number of carbonyl (C=O) groups excluding carboxylic acids is 2. The van der Waals surface area contributed by atoms with Crippen molar-refractivity contribution in [3.8, 4) is 17.0 Å². The molecule has 2 aromatic heterocycles. The highest BCUT2D eigenvalue weighted by atomic mass is 19.4.